The number of methoxy groups -OCH3 is 2. The van der Waals surface area contributed by atoms with Crippen molar-refractivity contribution in [3.63, 3.8) is 0 Å². The van der Waals surface area contributed by atoms with Gasteiger partial charge in [-0.25, -0.2) is 0 Å². The van der Waals surface area contributed by atoms with Crippen molar-refractivity contribution in [2.75, 3.05) is 20.8 Å². The second kappa shape index (κ2) is 6.24. The van der Waals surface area contributed by atoms with Crippen LogP contribution in [0.5, 0.6) is 11.5 Å². The van der Waals surface area contributed by atoms with Crippen LogP contribution in [0.15, 0.2) is 18.2 Å². The molecule has 0 aliphatic carbocycles. The third-order valence-electron chi connectivity index (χ3n) is 4.78. The van der Waals surface area contributed by atoms with Crippen molar-refractivity contribution in [2.24, 2.45) is 5.92 Å². The molecule has 2 heterocycles. The highest BCUT2D eigenvalue weighted by Crippen LogP contribution is 2.48. The second-order valence-corrected chi connectivity index (χ2v) is 5.89. The summed E-state index contributed by atoms with van der Waals surface area (Å²) in [6, 6.07) is 6.21. The molecule has 0 aromatic heterocycles. The highest BCUT2D eigenvalue weighted by atomic mass is 16.5. The van der Waals surface area contributed by atoms with Crippen LogP contribution < -0.4 is 14.8 Å². The van der Waals surface area contributed by atoms with Gasteiger partial charge in [0, 0.05) is 12.0 Å². The van der Waals surface area contributed by atoms with Crippen molar-refractivity contribution >= 4 is 0 Å². The molecular formula is C17H25NO3. The summed E-state index contributed by atoms with van der Waals surface area (Å²) in [5.41, 5.74) is 1.13. The lowest BCUT2D eigenvalue weighted by Gasteiger charge is -2.31. The summed E-state index contributed by atoms with van der Waals surface area (Å²) in [7, 11) is 3.44. The SMILES string of the molecule is CCNC(c1c(OC)cccc1OC)C1CC2CCC1O2. The lowest BCUT2D eigenvalue weighted by Crippen LogP contribution is -2.34. The normalized spacial score (nSPS) is 28.6. The Kier molecular flexibility index (Phi) is 4.36. The molecule has 4 heteroatoms. The second-order valence-electron chi connectivity index (χ2n) is 5.89. The van der Waals surface area contributed by atoms with Gasteiger partial charge < -0.3 is 19.5 Å². The molecule has 1 aromatic rings. The van der Waals surface area contributed by atoms with Crippen LogP contribution in [0.25, 0.3) is 0 Å². The molecule has 2 bridgehead atoms. The largest absolute Gasteiger partial charge is 0.496 e. The van der Waals surface area contributed by atoms with Crippen LogP contribution >= 0.6 is 0 Å². The maximum Gasteiger partial charge on any atom is 0.127 e. The molecule has 0 saturated carbocycles. The molecule has 2 fully saturated rings. The van der Waals surface area contributed by atoms with E-state index in [-0.39, 0.29) is 6.04 Å². The maximum atomic E-state index is 6.06. The highest BCUT2D eigenvalue weighted by Gasteiger charge is 2.45. The van der Waals surface area contributed by atoms with E-state index in [1.54, 1.807) is 14.2 Å². The number of hydrogen-bond donors (Lipinski definition) is 1. The Bertz CT molecular complexity index is 469. The van der Waals surface area contributed by atoms with E-state index in [1.165, 1.54) is 12.8 Å². The lowest BCUT2D eigenvalue weighted by molar-refractivity contribution is 0.0854. The van der Waals surface area contributed by atoms with E-state index in [1.807, 2.05) is 18.2 Å². The van der Waals surface area contributed by atoms with Crippen LogP contribution in [0.3, 0.4) is 0 Å². The van der Waals surface area contributed by atoms with Gasteiger partial charge in [-0.3, -0.25) is 0 Å². The maximum absolute atomic E-state index is 6.06. The predicted molar refractivity (Wildman–Crippen MR) is 82.0 cm³/mol. The molecule has 0 amide bonds. The van der Waals surface area contributed by atoms with Gasteiger partial charge in [-0.05, 0) is 37.9 Å². The first kappa shape index (κ1) is 14.7. The third-order valence-corrected chi connectivity index (χ3v) is 4.78. The van der Waals surface area contributed by atoms with Gasteiger partial charge >= 0.3 is 0 Å². The molecule has 2 aliphatic heterocycles. The quantitative estimate of drug-likeness (QED) is 0.875. The summed E-state index contributed by atoms with van der Waals surface area (Å²) in [6.07, 6.45) is 4.33. The zero-order valence-electron chi connectivity index (χ0n) is 13.1. The Labute approximate surface area is 126 Å². The molecule has 0 radical (unpaired) electrons. The fourth-order valence-electron chi connectivity index (χ4n) is 3.90. The molecule has 4 atom stereocenters. The Morgan fingerprint density at radius 3 is 2.43 bits per heavy atom. The number of hydrogen-bond acceptors (Lipinski definition) is 4. The van der Waals surface area contributed by atoms with Gasteiger partial charge in [0.2, 0.25) is 0 Å². The first-order valence-electron chi connectivity index (χ1n) is 7.88. The van der Waals surface area contributed by atoms with Gasteiger partial charge in [0.05, 0.1) is 32.0 Å². The molecule has 4 unspecified atom stereocenters. The van der Waals surface area contributed by atoms with Crippen LogP contribution in [0.1, 0.15) is 37.8 Å². The van der Waals surface area contributed by atoms with Gasteiger partial charge in [0.1, 0.15) is 11.5 Å². The van der Waals surface area contributed by atoms with E-state index < -0.39 is 0 Å². The van der Waals surface area contributed by atoms with Crippen molar-refractivity contribution in [1.29, 1.82) is 0 Å². The fourth-order valence-corrected chi connectivity index (χ4v) is 3.90. The number of rotatable bonds is 6. The van der Waals surface area contributed by atoms with Crippen LogP contribution in [0, 0.1) is 5.92 Å². The average Bonchev–Trinajstić information content (AvgIpc) is 3.14. The van der Waals surface area contributed by atoms with Crippen LogP contribution in [-0.4, -0.2) is 33.0 Å². The summed E-state index contributed by atoms with van der Waals surface area (Å²) in [5.74, 6) is 2.28. The Morgan fingerprint density at radius 2 is 1.95 bits per heavy atom. The summed E-state index contributed by atoms with van der Waals surface area (Å²) in [4.78, 5) is 0. The predicted octanol–water partition coefficient (Wildman–Crippen LogP) is 2.92. The van der Waals surface area contributed by atoms with Crippen molar-refractivity contribution < 1.29 is 14.2 Å². The summed E-state index contributed by atoms with van der Waals surface area (Å²) >= 11 is 0. The molecule has 0 spiro atoms. The van der Waals surface area contributed by atoms with Gasteiger partial charge in [0.25, 0.3) is 0 Å². The number of benzene rings is 1. The molecule has 21 heavy (non-hydrogen) atoms. The topological polar surface area (TPSA) is 39.7 Å². The van der Waals surface area contributed by atoms with Crippen molar-refractivity contribution in [3.8, 4) is 11.5 Å². The molecule has 4 nitrogen and oxygen atoms in total. The van der Waals surface area contributed by atoms with Crippen LogP contribution in [0.2, 0.25) is 0 Å². The smallest absolute Gasteiger partial charge is 0.127 e. The van der Waals surface area contributed by atoms with Gasteiger partial charge in [-0.1, -0.05) is 13.0 Å². The average molecular weight is 291 g/mol. The van der Waals surface area contributed by atoms with E-state index in [0.29, 0.717) is 18.1 Å². The van der Waals surface area contributed by atoms with E-state index in [9.17, 15) is 0 Å². The third kappa shape index (κ3) is 2.62. The summed E-state index contributed by atoms with van der Waals surface area (Å²) in [5, 5.41) is 3.64. The van der Waals surface area contributed by atoms with Crippen molar-refractivity contribution in [1.82, 2.24) is 5.32 Å². The van der Waals surface area contributed by atoms with E-state index in [4.69, 9.17) is 14.2 Å². The minimum absolute atomic E-state index is 0.219. The van der Waals surface area contributed by atoms with Crippen molar-refractivity contribution in [3.05, 3.63) is 23.8 Å². The Hall–Kier alpha value is -1.26. The summed E-state index contributed by atoms with van der Waals surface area (Å²) in [6.45, 7) is 3.06. The fraction of sp³-hybridized carbons (Fsp3) is 0.647. The highest BCUT2D eigenvalue weighted by molar-refractivity contribution is 5.47. The number of ether oxygens (including phenoxy) is 3. The first-order chi connectivity index (χ1) is 10.3. The van der Waals surface area contributed by atoms with Gasteiger partial charge in [-0.15, -0.1) is 0 Å². The monoisotopic (exact) mass is 291 g/mol. The number of fused-ring (bicyclic) bond motifs is 2. The molecule has 2 saturated heterocycles. The number of nitrogens with one attached hydrogen (secondary N) is 1. The Morgan fingerprint density at radius 1 is 1.24 bits per heavy atom. The minimum atomic E-state index is 0.219. The zero-order chi connectivity index (χ0) is 14.8. The first-order valence-corrected chi connectivity index (χ1v) is 7.88. The zero-order valence-corrected chi connectivity index (χ0v) is 13.1. The molecule has 2 aliphatic rings. The lowest BCUT2D eigenvalue weighted by atomic mass is 9.80. The van der Waals surface area contributed by atoms with E-state index in [0.717, 1.165) is 30.0 Å². The molecule has 3 rings (SSSR count). The van der Waals surface area contributed by atoms with Crippen LogP contribution in [-0.2, 0) is 4.74 Å². The van der Waals surface area contributed by atoms with Crippen molar-refractivity contribution in [2.45, 2.75) is 44.4 Å². The van der Waals surface area contributed by atoms with Crippen LogP contribution in [0.4, 0.5) is 0 Å². The van der Waals surface area contributed by atoms with Gasteiger partial charge in [-0.2, -0.15) is 0 Å². The van der Waals surface area contributed by atoms with E-state index in [2.05, 4.69) is 12.2 Å². The van der Waals surface area contributed by atoms with Gasteiger partial charge in [0.15, 0.2) is 0 Å². The Balaban J connectivity index is 1.97. The standard InChI is InChI=1S/C17H25NO3/c1-4-18-17(12-10-11-8-9-13(12)21-11)16-14(19-2)6-5-7-15(16)20-3/h5-7,11-13,17-18H,4,8-10H2,1-3H3. The molecule has 1 N–H and O–H groups in total. The molecule has 1 aromatic carbocycles. The molecule has 116 valence electrons. The molecular weight excluding hydrogens is 266 g/mol. The summed E-state index contributed by atoms with van der Waals surface area (Å²) < 4.78 is 17.2. The van der Waals surface area contributed by atoms with E-state index >= 15 is 0 Å². The minimum Gasteiger partial charge on any atom is -0.496 e.